The summed E-state index contributed by atoms with van der Waals surface area (Å²) in [6, 6.07) is 26.4. The van der Waals surface area contributed by atoms with Gasteiger partial charge in [0.25, 0.3) is 0 Å². The second-order valence-corrected chi connectivity index (χ2v) is 7.90. The number of fused-ring (bicyclic) bond motifs is 1. The number of pyridine rings is 2. The maximum absolute atomic E-state index is 5.76. The van der Waals surface area contributed by atoms with Crippen molar-refractivity contribution in [2.45, 2.75) is 13.3 Å². The summed E-state index contributed by atoms with van der Waals surface area (Å²) < 4.78 is 1.81. The van der Waals surface area contributed by atoms with Crippen LogP contribution in [0.2, 0.25) is 0 Å². The lowest BCUT2D eigenvalue weighted by molar-refractivity contribution is 0.930. The number of hydrogen-bond acceptors (Lipinski definition) is 4. The fourth-order valence-electron chi connectivity index (χ4n) is 3.75. The molecule has 31 heavy (non-hydrogen) atoms. The van der Waals surface area contributed by atoms with Gasteiger partial charge in [-0.1, -0.05) is 66.8 Å². The van der Waals surface area contributed by atoms with Crippen molar-refractivity contribution in [1.82, 2.24) is 19.7 Å². The Kier molecular flexibility index (Phi) is 5.10. The average Bonchev–Trinajstić information content (AvgIpc) is 3.25. The molecule has 0 aliphatic rings. The van der Waals surface area contributed by atoms with Crippen LogP contribution in [0.3, 0.4) is 0 Å². The first-order valence-electron chi connectivity index (χ1n) is 10.1. The molecule has 5 rings (SSSR count). The lowest BCUT2D eigenvalue weighted by atomic mass is 10.0. The van der Waals surface area contributed by atoms with Gasteiger partial charge in [0, 0.05) is 35.5 Å². The Morgan fingerprint density at radius 1 is 0.871 bits per heavy atom. The van der Waals surface area contributed by atoms with Gasteiger partial charge in [0.2, 0.25) is 0 Å². The Hall–Kier alpha value is -3.70. The highest BCUT2D eigenvalue weighted by atomic mass is 32.1. The Balaban J connectivity index is 1.66. The van der Waals surface area contributed by atoms with E-state index >= 15 is 0 Å². The maximum Gasteiger partial charge on any atom is 0.119 e. The van der Waals surface area contributed by atoms with Gasteiger partial charge < -0.3 is 0 Å². The van der Waals surface area contributed by atoms with Crippen molar-refractivity contribution in [3.63, 3.8) is 0 Å². The molecule has 0 saturated heterocycles. The van der Waals surface area contributed by atoms with Gasteiger partial charge in [-0.05, 0) is 42.3 Å². The first kappa shape index (κ1) is 19.3. The zero-order valence-corrected chi connectivity index (χ0v) is 17.9. The molecule has 0 saturated carbocycles. The van der Waals surface area contributed by atoms with Crippen LogP contribution >= 0.6 is 12.2 Å². The van der Waals surface area contributed by atoms with Gasteiger partial charge in [0.1, 0.15) is 10.7 Å². The molecule has 0 fully saturated rings. The van der Waals surface area contributed by atoms with Gasteiger partial charge in [-0.25, -0.2) is 4.68 Å². The number of rotatable bonds is 4. The van der Waals surface area contributed by atoms with Gasteiger partial charge in [0.05, 0.1) is 11.2 Å². The minimum atomic E-state index is 0.648. The number of aryl methyl sites for hydroxylation is 1. The van der Waals surface area contributed by atoms with Crippen molar-refractivity contribution >= 4 is 28.1 Å². The summed E-state index contributed by atoms with van der Waals surface area (Å²) in [6.45, 7) is 1.99. The lowest BCUT2D eigenvalue weighted by Gasteiger charge is -2.06. The quantitative estimate of drug-likeness (QED) is 0.340. The van der Waals surface area contributed by atoms with Crippen molar-refractivity contribution in [2.75, 3.05) is 0 Å². The summed E-state index contributed by atoms with van der Waals surface area (Å²) in [5.74, 6) is 0. The minimum Gasteiger partial charge on any atom is -0.256 e. The van der Waals surface area contributed by atoms with E-state index in [0.717, 1.165) is 49.7 Å². The molecule has 4 nitrogen and oxygen atoms in total. The lowest BCUT2D eigenvalue weighted by Crippen LogP contribution is -2.12. The first-order valence-corrected chi connectivity index (χ1v) is 10.5. The summed E-state index contributed by atoms with van der Waals surface area (Å²) in [5.41, 5.74) is 6.76. The van der Waals surface area contributed by atoms with Gasteiger partial charge in [-0.3, -0.25) is 9.97 Å². The predicted molar refractivity (Wildman–Crippen MR) is 129 cm³/mol. The molecule has 3 heterocycles. The molecule has 2 aromatic carbocycles. The number of thiocarbonyl (C=S) groups is 1. The van der Waals surface area contributed by atoms with Crippen LogP contribution in [-0.4, -0.2) is 24.7 Å². The van der Waals surface area contributed by atoms with E-state index in [2.05, 4.69) is 23.2 Å². The highest BCUT2D eigenvalue weighted by Gasteiger charge is 2.18. The van der Waals surface area contributed by atoms with E-state index in [4.69, 9.17) is 22.3 Å². The molecule has 5 aromatic rings. The van der Waals surface area contributed by atoms with E-state index in [0.29, 0.717) is 6.42 Å². The molecule has 0 aliphatic heterocycles. The van der Waals surface area contributed by atoms with Crippen LogP contribution in [0.4, 0.5) is 0 Å². The Morgan fingerprint density at radius 2 is 1.68 bits per heavy atom. The summed E-state index contributed by atoms with van der Waals surface area (Å²) in [5, 5.41) is 5.97. The topological polar surface area (TPSA) is 43.6 Å². The average molecular weight is 421 g/mol. The van der Waals surface area contributed by atoms with Crippen molar-refractivity contribution in [3.8, 4) is 22.5 Å². The van der Waals surface area contributed by atoms with E-state index in [-0.39, 0.29) is 0 Å². The third-order valence-corrected chi connectivity index (χ3v) is 5.57. The van der Waals surface area contributed by atoms with Crippen LogP contribution in [0.25, 0.3) is 33.4 Å². The second kappa shape index (κ2) is 8.20. The monoisotopic (exact) mass is 420 g/mol. The number of aromatic nitrogens is 4. The Labute approximate surface area is 186 Å². The zero-order chi connectivity index (χ0) is 21.2. The number of nitrogens with zero attached hydrogens (tertiary/aromatic N) is 4. The summed E-state index contributed by atoms with van der Waals surface area (Å²) >= 11 is 5.76. The Bertz CT molecular complexity index is 1380. The Morgan fingerprint density at radius 3 is 2.52 bits per heavy atom. The highest BCUT2D eigenvalue weighted by molar-refractivity contribution is 7.80. The van der Waals surface area contributed by atoms with Gasteiger partial charge in [0.15, 0.2) is 0 Å². The molecule has 0 bridgehead atoms. The third-order valence-electron chi connectivity index (χ3n) is 5.24. The molecular formula is C26H20N4S. The van der Waals surface area contributed by atoms with Crippen molar-refractivity contribution < 1.29 is 0 Å². The molecule has 0 N–H and O–H groups in total. The number of para-hydroxylation sites is 1. The van der Waals surface area contributed by atoms with Crippen LogP contribution in [0.15, 0.2) is 91.3 Å². The third kappa shape index (κ3) is 3.88. The van der Waals surface area contributed by atoms with Crippen molar-refractivity contribution in [1.29, 1.82) is 0 Å². The maximum atomic E-state index is 5.76. The number of hydrogen-bond donors (Lipinski definition) is 0. The fourth-order valence-corrected chi connectivity index (χ4v) is 4.01. The van der Waals surface area contributed by atoms with Crippen LogP contribution in [-0.2, 0) is 6.42 Å². The van der Waals surface area contributed by atoms with E-state index in [1.54, 1.807) is 0 Å². The van der Waals surface area contributed by atoms with Crippen LogP contribution < -0.4 is 0 Å². The smallest absolute Gasteiger partial charge is 0.119 e. The molecular weight excluding hydrogens is 400 g/mol. The van der Waals surface area contributed by atoms with E-state index in [9.17, 15) is 0 Å². The summed E-state index contributed by atoms with van der Waals surface area (Å²) in [6.07, 6.45) is 4.51. The van der Waals surface area contributed by atoms with E-state index in [1.165, 1.54) is 0 Å². The van der Waals surface area contributed by atoms with Gasteiger partial charge in [-0.2, -0.15) is 5.10 Å². The molecule has 5 heteroatoms. The van der Waals surface area contributed by atoms with Crippen LogP contribution in [0.1, 0.15) is 11.3 Å². The first-order chi connectivity index (χ1) is 15.2. The largest absolute Gasteiger partial charge is 0.256 e. The summed E-state index contributed by atoms with van der Waals surface area (Å²) in [7, 11) is 0. The summed E-state index contributed by atoms with van der Waals surface area (Å²) in [4.78, 5) is 9.99. The zero-order valence-electron chi connectivity index (χ0n) is 17.1. The van der Waals surface area contributed by atoms with Gasteiger partial charge >= 0.3 is 0 Å². The molecule has 0 atom stereocenters. The fraction of sp³-hybridized carbons (Fsp3) is 0.0769. The van der Waals surface area contributed by atoms with Gasteiger partial charge in [-0.15, -0.1) is 0 Å². The molecule has 3 aromatic heterocycles. The molecule has 0 spiro atoms. The molecule has 150 valence electrons. The molecule has 0 radical (unpaired) electrons. The standard InChI is InChI=1S/C26H20N4S/c1-18-8-7-13-24(28-18)26-22(20-14-15-27-23-12-6-5-11-21(20)23)17-30(29-26)25(31)16-19-9-3-2-4-10-19/h2-15,17H,16H2,1H3. The SMILES string of the molecule is Cc1cccc(-c2nn(C(=S)Cc3ccccc3)cc2-c2ccnc3ccccc23)n1. The minimum absolute atomic E-state index is 0.648. The van der Waals surface area contributed by atoms with Crippen LogP contribution in [0, 0.1) is 6.92 Å². The number of benzene rings is 2. The van der Waals surface area contributed by atoms with E-state index < -0.39 is 0 Å². The highest BCUT2D eigenvalue weighted by Crippen LogP contribution is 2.34. The van der Waals surface area contributed by atoms with Crippen LogP contribution in [0.5, 0.6) is 0 Å². The predicted octanol–water partition coefficient (Wildman–Crippen LogP) is 5.89. The van der Waals surface area contributed by atoms with Crippen molar-refractivity contribution in [2.24, 2.45) is 0 Å². The normalized spacial score (nSPS) is 11.0. The van der Waals surface area contributed by atoms with E-state index in [1.807, 2.05) is 84.7 Å². The second-order valence-electron chi connectivity index (χ2n) is 7.43. The molecule has 0 amide bonds. The van der Waals surface area contributed by atoms with Crippen molar-refractivity contribution in [3.05, 3.63) is 103 Å². The molecule has 0 unspecified atom stereocenters. The molecule has 0 aliphatic carbocycles.